The number of alkyl halides is 10. The Kier molecular flexibility index (Phi) is 3.93. The Bertz CT molecular complexity index is 402. The van der Waals surface area contributed by atoms with Crippen molar-refractivity contribution < 1.29 is 56.5 Å². The summed E-state index contributed by atoms with van der Waals surface area (Å²) in [6.45, 7) is 0. The summed E-state index contributed by atoms with van der Waals surface area (Å²) in [6, 6.07) is 0. The van der Waals surface area contributed by atoms with Crippen molar-refractivity contribution in [2.45, 2.75) is 23.7 Å². The molecule has 0 radical (unpaired) electrons. The molecule has 3 nitrogen and oxygen atoms in total. The highest BCUT2D eigenvalue weighted by molar-refractivity contribution is 7.87. The number of hydrogen-bond acceptors (Lipinski definition) is 3. The molecule has 0 amide bonds. The summed E-state index contributed by atoms with van der Waals surface area (Å²) < 4.78 is 138. The molecule has 0 heterocycles. The van der Waals surface area contributed by atoms with Crippen LogP contribution in [0.1, 0.15) is 0 Å². The summed E-state index contributed by atoms with van der Waals surface area (Å²) in [5.41, 5.74) is -6.59. The summed E-state index contributed by atoms with van der Waals surface area (Å²) in [5, 5.41) is 0. The minimum absolute atomic E-state index is 1.62. The van der Waals surface area contributed by atoms with Crippen molar-refractivity contribution in [3.8, 4) is 0 Å². The molecule has 110 valence electrons. The molecule has 0 fully saturated rings. The minimum atomic E-state index is -7.33. The van der Waals surface area contributed by atoms with Gasteiger partial charge in [-0.3, -0.25) is 0 Å². The normalized spacial score (nSPS) is 15.9. The van der Waals surface area contributed by atoms with Gasteiger partial charge in [0.25, 0.3) is 0 Å². The highest BCUT2D eigenvalue weighted by Crippen LogP contribution is 2.48. The van der Waals surface area contributed by atoms with Crippen molar-refractivity contribution in [2.75, 3.05) is 0 Å². The maximum absolute atomic E-state index is 12.2. The van der Waals surface area contributed by atoms with Crippen molar-refractivity contribution >= 4 is 10.1 Å². The third-order valence-electron chi connectivity index (χ3n) is 1.22. The van der Waals surface area contributed by atoms with Crippen LogP contribution in [0.15, 0.2) is 0 Å². The van der Waals surface area contributed by atoms with E-state index in [0.29, 0.717) is 0 Å². The van der Waals surface area contributed by atoms with E-state index in [1.807, 2.05) is 0 Å². The van der Waals surface area contributed by atoms with Gasteiger partial charge >= 0.3 is 33.8 Å². The summed E-state index contributed by atoms with van der Waals surface area (Å²) in [7, 11) is -7.33. The van der Waals surface area contributed by atoms with E-state index in [-0.39, 0.29) is 0 Å². The van der Waals surface area contributed by atoms with Crippen LogP contribution >= 0.6 is 0 Å². The standard InChI is InChI=1S/C4F10O3S/c5-1(6,2(7,8)9)3(10,11)17-18(15,16)4(12,13)14. The van der Waals surface area contributed by atoms with Crippen molar-refractivity contribution in [1.82, 2.24) is 0 Å². The quantitative estimate of drug-likeness (QED) is 0.456. The van der Waals surface area contributed by atoms with Gasteiger partial charge in [0.15, 0.2) is 0 Å². The van der Waals surface area contributed by atoms with Crippen LogP contribution in [0.3, 0.4) is 0 Å². The van der Waals surface area contributed by atoms with Crippen LogP contribution < -0.4 is 0 Å². The maximum atomic E-state index is 12.2. The van der Waals surface area contributed by atoms with Crippen LogP contribution in [-0.4, -0.2) is 32.1 Å². The SMILES string of the molecule is O=S(=O)(OC(F)(F)C(F)(F)C(F)(F)F)C(F)(F)F. The van der Waals surface area contributed by atoms with Gasteiger partial charge in [0.1, 0.15) is 0 Å². The lowest BCUT2D eigenvalue weighted by Gasteiger charge is -2.27. The highest BCUT2D eigenvalue weighted by atomic mass is 32.2. The molecule has 0 aromatic rings. The van der Waals surface area contributed by atoms with Crippen LogP contribution in [0.5, 0.6) is 0 Å². The first-order chi connectivity index (χ1) is 7.46. The second kappa shape index (κ2) is 4.11. The molecule has 14 heteroatoms. The Labute approximate surface area is 91.4 Å². The van der Waals surface area contributed by atoms with Gasteiger partial charge in [-0.15, -0.1) is 0 Å². The monoisotopic (exact) mass is 318 g/mol. The van der Waals surface area contributed by atoms with Crippen molar-refractivity contribution in [3.05, 3.63) is 0 Å². The van der Waals surface area contributed by atoms with Crippen LogP contribution in [0, 0.1) is 0 Å². The minimum Gasteiger partial charge on any atom is -0.189 e. The third kappa shape index (κ3) is 2.96. The van der Waals surface area contributed by atoms with Crippen molar-refractivity contribution in [3.63, 3.8) is 0 Å². The zero-order valence-electron chi connectivity index (χ0n) is 7.41. The van der Waals surface area contributed by atoms with Crippen LogP contribution in [0.2, 0.25) is 0 Å². The van der Waals surface area contributed by atoms with E-state index < -0.39 is 33.8 Å². The van der Waals surface area contributed by atoms with Gasteiger partial charge in [0.2, 0.25) is 0 Å². The van der Waals surface area contributed by atoms with Crippen molar-refractivity contribution in [2.24, 2.45) is 0 Å². The van der Waals surface area contributed by atoms with E-state index in [1.165, 1.54) is 0 Å². The van der Waals surface area contributed by atoms with E-state index in [9.17, 15) is 52.3 Å². The Morgan fingerprint density at radius 3 is 1.28 bits per heavy atom. The largest absolute Gasteiger partial charge is 0.523 e. The first-order valence-corrected chi connectivity index (χ1v) is 4.71. The fraction of sp³-hybridized carbons (Fsp3) is 1.00. The lowest BCUT2D eigenvalue weighted by Crippen LogP contribution is -2.55. The van der Waals surface area contributed by atoms with E-state index in [2.05, 4.69) is 0 Å². The molecule has 0 aliphatic rings. The molecule has 0 aromatic carbocycles. The van der Waals surface area contributed by atoms with E-state index in [4.69, 9.17) is 0 Å². The summed E-state index contributed by atoms with van der Waals surface area (Å²) in [4.78, 5) is 0. The smallest absolute Gasteiger partial charge is 0.189 e. The molecule has 0 aliphatic heterocycles. The summed E-state index contributed by atoms with van der Waals surface area (Å²) in [6.07, 6.45) is -14.0. The molecule has 0 N–H and O–H groups in total. The zero-order chi connectivity index (χ0) is 15.2. The molecule has 0 spiro atoms. The first-order valence-electron chi connectivity index (χ1n) is 3.30. The Morgan fingerprint density at radius 1 is 0.722 bits per heavy atom. The predicted molar refractivity (Wildman–Crippen MR) is 32.0 cm³/mol. The Morgan fingerprint density at radius 2 is 1.06 bits per heavy atom. The van der Waals surface area contributed by atoms with Gasteiger partial charge in [-0.05, 0) is 0 Å². The topological polar surface area (TPSA) is 43.4 Å². The van der Waals surface area contributed by atoms with Crippen LogP contribution in [0.4, 0.5) is 43.9 Å². The van der Waals surface area contributed by atoms with Gasteiger partial charge < -0.3 is 0 Å². The number of rotatable bonds is 3. The maximum Gasteiger partial charge on any atom is 0.523 e. The molecule has 0 saturated carbocycles. The predicted octanol–water partition coefficient (Wildman–Crippen LogP) is 2.64. The van der Waals surface area contributed by atoms with Crippen molar-refractivity contribution in [1.29, 1.82) is 0 Å². The zero-order valence-corrected chi connectivity index (χ0v) is 8.23. The first kappa shape index (κ1) is 17.2. The molecule has 0 unspecified atom stereocenters. The fourth-order valence-corrected chi connectivity index (χ4v) is 0.877. The molecule has 0 aliphatic carbocycles. The number of halogens is 10. The Balaban J connectivity index is 5.48. The average Bonchev–Trinajstić information content (AvgIpc) is 1.96. The average molecular weight is 318 g/mol. The van der Waals surface area contributed by atoms with E-state index in [0.717, 1.165) is 0 Å². The molecule has 0 saturated heterocycles. The Hall–Kier alpha value is -0.790. The molecular weight excluding hydrogens is 318 g/mol. The molecule has 18 heavy (non-hydrogen) atoms. The summed E-state index contributed by atoms with van der Waals surface area (Å²) in [5.74, 6) is -7.13. The van der Waals surface area contributed by atoms with Gasteiger partial charge in [-0.25, -0.2) is 0 Å². The molecule has 0 bridgehead atoms. The summed E-state index contributed by atoms with van der Waals surface area (Å²) >= 11 is 0. The second-order valence-electron chi connectivity index (χ2n) is 2.57. The molecular formula is C4F10O3S. The number of hydrogen-bond donors (Lipinski definition) is 0. The van der Waals surface area contributed by atoms with Gasteiger partial charge in [0.05, 0.1) is 0 Å². The van der Waals surface area contributed by atoms with Crippen LogP contribution in [0.25, 0.3) is 0 Å². The van der Waals surface area contributed by atoms with Gasteiger partial charge in [-0.1, -0.05) is 0 Å². The molecule has 0 atom stereocenters. The third-order valence-corrected chi connectivity index (χ3v) is 2.22. The lowest BCUT2D eigenvalue weighted by atomic mass is 10.3. The highest BCUT2D eigenvalue weighted by Gasteiger charge is 2.77. The van der Waals surface area contributed by atoms with Crippen LogP contribution in [-0.2, 0) is 14.3 Å². The lowest BCUT2D eigenvalue weighted by molar-refractivity contribution is -0.403. The van der Waals surface area contributed by atoms with Gasteiger partial charge in [0, 0.05) is 0 Å². The second-order valence-corrected chi connectivity index (χ2v) is 4.11. The fourth-order valence-electron chi connectivity index (χ4n) is 0.402. The van der Waals surface area contributed by atoms with Gasteiger partial charge in [-0.2, -0.15) is 56.5 Å². The van der Waals surface area contributed by atoms with E-state index >= 15 is 0 Å². The van der Waals surface area contributed by atoms with E-state index in [1.54, 1.807) is 4.18 Å². The molecule has 0 aromatic heterocycles. The molecule has 0 rings (SSSR count).